The van der Waals surface area contributed by atoms with Crippen LogP contribution in [0, 0.1) is 5.82 Å². The third-order valence-corrected chi connectivity index (χ3v) is 3.29. The Hall–Kier alpha value is -0.580. The first kappa shape index (κ1) is 13.5. The SMILES string of the molecule is CNCCN(C)CCSc1ccc(F)cc1. The molecular weight excluding hydrogens is 223 g/mol. The summed E-state index contributed by atoms with van der Waals surface area (Å²) in [6.45, 7) is 3.11. The van der Waals surface area contributed by atoms with Crippen LogP contribution in [0.25, 0.3) is 0 Å². The summed E-state index contributed by atoms with van der Waals surface area (Å²) in [7, 11) is 4.07. The number of rotatable bonds is 7. The van der Waals surface area contributed by atoms with Crippen molar-refractivity contribution in [2.24, 2.45) is 0 Å². The average molecular weight is 242 g/mol. The minimum Gasteiger partial charge on any atom is -0.318 e. The van der Waals surface area contributed by atoms with Gasteiger partial charge in [0.25, 0.3) is 0 Å². The quantitative estimate of drug-likeness (QED) is 0.737. The van der Waals surface area contributed by atoms with E-state index in [1.807, 2.05) is 19.2 Å². The van der Waals surface area contributed by atoms with Gasteiger partial charge in [-0.1, -0.05) is 0 Å². The first-order valence-electron chi connectivity index (χ1n) is 5.44. The Kier molecular flexibility index (Phi) is 6.45. The average Bonchev–Trinajstić information content (AvgIpc) is 2.29. The lowest BCUT2D eigenvalue weighted by molar-refractivity contribution is 0.356. The second-order valence-electron chi connectivity index (χ2n) is 3.71. The summed E-state index contributed by atoms with van der Waals surface area (Å²) in [5.74, 6) is 0.863. The molecule has 0 spiro atoms. The molecule has 1 aromatic carbocycles. The van der Waals surface area contributed by atoms with Gasteiger partial charge in [-0.05, 0) is 38.4 Å². The number of hydrogen-bond acceptors (Lipinski definition) is 3. The van der Waals surface area contributed by atoms with E-state index < -0.39 is 0 Å². The van der Waals surface area contributed by atoms with E-state index in [1.54, 1.807) is 11.8 Å². The molecule has 1 N–H and O–H groups in total. The van der Waals surface area contributed by atoms with Crippen molar-refractivity contribution in [3.05, 3.63) is 30.1 Å². The van der Waals surface area contributed by atoms with Gasteiger partial charge in [-0.25, -0.2) is 4.39 Å². The number of halogens is 1. The van der Waals surface area contributed by atoms with E-state index in [0.717, 1.165) is 30.3 Å². The van der Waals surface area contributed by atoms with Gasteiger partial charge in [0.15, 0.2) is 0 Å². The van der Waals surface area contributed by atoms with Gasteiger partial charge in [0, 0.05) is 30.3 Å². The van der Waals surface area contributed by atoms with Crippen LogP contribution in [0.1, 0.15) is 0 Å². The van der Waals surface area contributed by atoms with Crippen LogP contribution < -0.4 is 5.32 Å². The lowest BCUT2D eigenvalue weighted by atomic mass is 10.4. The van der Waals surface area contributed by atoms with Gasteiger partial charge in [-0.2, -0.15) is 0 Å². The fourth-order valence-electron chi connectivity index (χ4n) is 1.26. The summed E-state index contributed by atoms with van der Waals surface area (Å²) in [6, 6.07) is 6.67. The molecular formula is C12H19FN2S. The van der Waals surface area contributed by atoms with E-state index >= 15 is 0 Å². The molecule has 0 saturated heterocycles. The summed E-state index contributed by atoms with van der Waals surface area (Å²) in [6.07, 6.45) is 0. The summed E-state index contributed by atoms with van der Waals surface area (Å²) in [5.41, 5.74) is 0. The van der Waals surface area contributed by atoms with Crippen LogP contribution in [0.2, 0.25) is 0 Å². The number of nitrogens with one attached hydrogen (secondary N) is 1. The lowest BCUT2D eigenvalue weighted by Crippen LogP contribution is -2.29. The van der Waals surface area contributed by atoms with E-state index in [2.05, 4.69) is 17.3 Å². The predicted octanol–water partition coefficient (Wildman–Crippen LogP) is 2.07. The summed E-state index contributed by atoms with van der Waals surface area (Å²) < 4.78 is 12.7. The van der Waals surface area contributed by atoms with Crippen molar-refractivity contribution in [1.82, 2.24) is 10.2 Å². The molecule has 0 heterocycles. The normalized spacial score (nSPS) is 11.0. The van der Waals surface area contributed by atoms with Gasteiger partial charge in [0.05, 0.1) is 0 Å². The summed E-state index contributed by atoms with van der Waals surface area (Å²) in [5, 5.41) is 3.12. The molecule has 0 unspecified atom stereocenters. The zero-order valence-electron chi connectivity index (χ0n) is 9.87. The molecule has 0 saturated carbocycles. The molecule has 4 heteroatoms. The maximum Gasteiger partial charge on any atom is 0.123 e. The third kappa shape index (κ3) is 5.49. The number of benzene rings is 1. The van der Waals surface area contributed by atoms with Gasteiger partial charge >= 0.3 is 0 Å². The van der Waals surface area contributed by atoms with Crippen molar-refractivity contribution in [3.8, 4) is 0 Å². The highest BCUT2D eigenvalue weighted by molar-refractivity contribution is 7.99. The summed E-state index contributed by atoms with van der Waals surface area (Å²) in [4.78, 5) is 3.41. The molecule has 0 amide bonds. The van der Waals surface area contributed by atoms with Crippen molar-refractivity contribution in [3.63, 3.8) is 0 Å². The predicted molar refractivity (Wildman–Crippen MR) is 68.5 cm³/mol. The van der Waals surface area contributed by atoms with Crippen molar-refractivity contribution >= 4 is 11.8 Å². The van der Waals surface area contributed by atoms with Crippen LogP contribution in [0.15, 0.2) is 29.2 Å². The van der Waals surface area contributed by atoms with Crippen LogP contribution in [0.3, 0.4) is 0 Å². The zero-order valence-corrected chi connectivity index (χ0v) is 10.7. The highest BCUT2D eigenvalue weighted by Gasteiger charge is 1.99. The molecule has 90 valence electrons. The number of nitrogens with zero attached hydrogens (tertiary/aromatic N) is 1. The fourth-order valence-corrected chi connectivity index (χ4v) is 2.23. The first-order valence-corrected chi connectivity index (χ1v) is 6.42. The van der Waals surface area contributed by atoms with Crippen LogP contribution >= 0.6 is 11.8 Å². The monoisotopic (exact) mass is 242 g/mol. The Morgan fingerprint density at radius 2 is 1.94 bits per heavy atom. The summed E-state index contributed by atoms with van der Waals surface area (Å²) >= 11 is 1.76. The van der Waals surface area contributed by atoms with Crippen molar-refractivity contribution < 1.29 is 4.39 Å². The molecule has 2 nitrogen and oxygen atoms in total. The molecule has 0 aliphatic heterocycles. The second-order valence-corrected chi connectivity index (χ2v) is 4.88. The fraction of sp³-hybridized carbons (Fsp3) is 0.500. The van der Waals surface area contributed by atoms with Gasteiger partial charge in [-0.15, -0.1) is 11.8 Å². The number of thioether (sulfide) groups is 1. The second kappa shape index (κ2) is 7.65. The maximum atomic E-state index is 12.7. The Morgan fingerprint density at radius 3 is 2.56 bits per heavy atom. The van der Waals surface area contributed by atoms with Crippen molar-refractivity contribution in [2.75, 3.05) is 39.5 Å². The molecule has 0 aliphatic carbocycles. The van der Waals surface area contributed by atoms with Crippen LogP contribution in [0.5, 0.6) is 0 Å². The van der Waals surface area contributed by atoms with Crippen LogP contribution in [-0.4, -0.2) is 44.4 Å². The molecule has 0 bridgehead atoms. The van der Waals surface area contributed by atoms with E-state index in [4.69, 9.17) is 0 Å². The Balaban J connectivity index is 2.17. The third-order valence-electron chi connectivity index (χ3n) is 2.30. The zero-order chi connectivity index (χ0) is 11.8. The molecule has 0 atom stereocenters. The molecule has 1 rings (SSSR count). The van der Waals surface area contributed by atoms with Crippen LogP contribution in [0.4, 0.5) is 4.39 Å². The van der Waals surface area contributed by atoms with Crippen molar-refractivity contribution in [2.45, 2.75) is 4.90 Å². The van der Waals surface area contributed by atoms with E-state index in [1.165, 1.54) is 12.1 Å². The number of likely N-dealkylation sites (N-methyl/N-ethyl adjacent to an activating group) is 2. The van der Waals surface area contributed by atoms with Gasteiger partial charge < -0.3 is 10.2 Å². The highest BCUT2D eigenvalue weighted by atomic mass is 32.2. The Bertz CT molecular complexity index is 290. The highest BCUT2D eigenvalue weighted by Crippen LogP contribution is 2.17. The van der Waals surface area contributed by atoms with Crippen molar-refractivity contribution in [1.29, 1.82) is 0 Å². The van der Waals surface area contributed by atoms with Gasteiger partial charge in [-0.3, -0.25) is 0 Å². The topological polar surface area (TPSA) is 15.3 Å². The molecule has 0 aliphatic rings. The van der Waals surface area contributed by atoms with E-state index in [9.17, 15) is 4.39 Å². The smallest absolute Gasteiger partial charge is 0.123 e. The Labute approximate surface area is 101 Å². The first-order chi connectivity index (χ1) is 7.72. The maximum absolute atomic E-state index is 12.7. The number of hydrogen-bond donors (Lipinski definition) is 1. The molecule has 0 aromatic heterocycles. The van der Waals surface area contributed by atoms with Gasteiger partial charge in [0.1, 0.15) is 5.82 Å². The molecule has 1 aromatic rings. The molecule has 16 heavy (non-hydrogen) atoms. The van der Waals surface area contributed by atoms with E-state index in [-0.39, 0.29) is 5.82 Å². The Morgan fingerprint density at radius 1 is 1.25 bits per heavy atom. The standard InChI is InChI=1S/C12H19FN2S/c1-14-7-8-15(2)9-10-16-12-5-3-11(13)4-6-12/h3-6,14H,7-10H2,1-2H3. The largest absolute Gasteiger partial charge is 0.318 e. The van der Waals surface area contributed by atoms with E-state index in [0.29, 0.717) is 0 Å². The minimum absolute atomic E-state index is 0.171. The minimum atomic E-state index is -0.171. The lowest BCUT2D eigenvalue weighted by Gasteiger charge is -2.15. The van der Waals surface area contributed by atoms with Gasteiger partial charge in [0.2, 0.25) is 0 Å². The molecule has 0 fully saturated rings. The van der Waals surface area contributed by atoms with Crippen LogP contribution in [-0.2, 0) is 0 Å². The molecule has 0 radical (unpaired) electrons.